The molecule has 0 amide bonds. The van der Waals surface area contributed by atoms with E-state index in [-0.39, 0.29) is 6.10 Å². The summed E-state index contributed by atoms with van der Waals surface area (Å²) in [5.74, 6) is 1.79. The molecule has 1 aromatic heterocycles. The van der Waals surface area contributed by atoms with Crippen LogP contribution in [0.3, 0.4) is 0 Å². The van der Waals surface area contributed by atoms with Crippen molar-refractivity contribution in [3.05, 3.63) is 11.9 Å². The molecule has 1 unspecified atom stereocenters. The summed E-state index contributed by atoms with van der Waals surface area (Å²) in [4.78, 5) is 8.21. The third-order valence-electron chi connectivity index (χ3n) is 2.56. The van der Waals surface area contributed by atoms with Gasteiger partial charge in [0.25, 0.3) is 0 Å². The average molecular weight is 237 g/mol. The minimum Gasteiger partial charge on any atom is -0.474 e. The SMILES string of the molecule is CCCc1c(N)ncnc1OC(C)CC(C)C. The Morgan fingerprint density at radius 1 is 1.29 bits per heavy atom. The number of hydrogen-bond donors (Lipinski definition) is 1. The third-order valence-corrected chi connectivity index (χ3v) is 2.56. The van der Waals surface area contributed by atoms with E-state index in [2.05, 4.69) is 37.7 Å². The van der Waals surface area contributed by atoms with E-state index in [1.54, 1.807) is 0 Å². The maximum Gasteiger partial charge on any atom is 0.222 e. The van der Waals surface area contributed by atoms with E-state index in [4.69, 9.17) is 10.5 Å². The van der Waals surface area contributed by atoms with Crippen LogP contribution >= 0.6 is 0 Å². The van der Waals surface area contributed by atoms with E-state index in [0.29, 0.717) is 17.6 Å². The summed E-state index contributed by atoms with van der Waals surface area (Å²) in [6.45, 7) is 8.53. The Balaban J connectivity index is 2.79. The molecule has 4 nitrogen and oxygen atoms in total. The van der Waals surface area contributed by atoms with E-state index in [1.807, 2.05) is 0 Å². The van der Waals surface area contributed by atoms with Crippen LogP contribution in [0.15, 0.2) is 6.33 Å². The van der Waals surface area contributed by atoms with Crippen molar-refractivity contribution in [2.75, 3.05) is 5.73 Å². The minimum absolute atomic E-state index is 0.153. The summed E-state index contributed by atoms with van der Waals surface area (Å²) < 4.78 is 5.86. The van der Waals surface area contributed by atoms with Crippen molar-refractivity contribution in [1.29, 1.82) is 0 Å². The second kappa shape index (κ2) is 6.42. The zero-order valence-electron chi connectivity index (χ0n) is 11.2. The van der Waals surface area contributed by atoms with Gasteiger partial charge in [0.05, 0.1) is 11.7 Å². The number of ether oxygens (including phenoxy) is 1. The number of nitrogen functional groups attached to an aromatic ring is 1. The maximum atomic E-state index is 5.86. The molecule has 96 valence electrons. The van der Waals surface area contributed by atoms with Gasteiger partial charge >= 0.3 is 0 Å². The molecule has 17 heavy (non-hydrogen) atoms. The van der Waals surface area contributed by atoms with E-state index in [0.717, 1.165) is 24.8 Å². The Labute approximate surface area is 104 Å². The molecule has 1 aromatic rings. The van der Waals surface area contributed by atoms with Crippen LogP contribution < -0.4 is 10.5 Å². The van der Waals surface area contributed by atoms with Gasteiger partial charge in [-0.3, -0.25) is 0 Å². The Kier molecular flexibility index (Phi) is 5.19. The van der Waals surface area contributed by atoms with Crippen molar-refractivity contribution in [2.45, 2.75) is 53.1 Å². The Hall–Kier alpha value is -1.32. The summed E-state index contributed by atoms with van der Waals surface area (Å²) >= 11 is 0. The van der Waals surface area contributed by atoms with Gasteiger partial charge in [0.2, 0.25) is 5.88 Å². The molecule has 0 aliphatic carbocycles. The second-order valence-electron chi connectivity index (χ2n) is 4.85. The molecular weight excluding hydrogens is 214 g/mol. The van der Waals surface area contributed by atoms with Crippen molar-refractivity contribution in [2.24, 2.45) is 5.92 Å². The average Bonchev–Trinajstić information content (AvgIpc) is 2.22. The van der Waals surface area contributed by atoms with Crippen molar-refractivity contribution in [1.82, 2.24) is 9.97 Å². The molecule has 0 aromatic carbocycles. The van der Waals surface area contributed by atoms with Crippen molar-refractivity contribution < 1.29 is 4.74 Å². The summed E-state index contributed by atoms with van der Waals surface area (Å²) in [7, 11) is 0. The quantitative estimate of drug-likeness (QED) is 0.826. The van der Waals surface area contributed by atoms with Crippen LogP contribution in [0, 0.1) is 5.92 Å². The Morgan fingerprint density at radius 2 is 2.00 bits per heavy atom. The first-order valence-electron chi connectivity index (χ1n) is 6.30. The van der Waals surface area contributed by atoms with Gasteiger partial charge < -0.3 is 10.5 Å². The van der Waals surface area contributed by atoms with Crippen molar-refractivity contribution >= 4 is 5.82 Å². The number of nitrogens with two attached hydrogens (primary N) is 1. The first kappa shape index (κ1) is 13.7. The highest BCUT2D eigenvalue weighted by Crippen LogP contribution is 2.23. The molecular formula is C13H23N3O. The van der Waals surface area contributed by atoms with Crippen LogP contribution in [-0.2, 0) is 6.42 Å². The lowest BCUT2D eigenvalue weighted by Gasteiger charge is -2.18. The lowest BCUT2D eigenvalue weighted by Crippen LogP contribution is -2.17. The molecule has 0 spiro atoms. The van der Waals surface area contributed by atoms with Gasteiger partial charge in [0, 0.05) is 0 Å². The zero-order valence-corrected chi connectivity index (χ0v) is 11.2. The minimum atomic E-state index is 0.153. The van der Waals surface area contributed by atoms with Gasteiger partial charge in [-0.25, -0.2) is 9.97 Å². The molecule has 1 atom stereocenters. The normalized spacial score (nSPS) is 12.8. The molecule has 0 fully saturated rings. The molecule has 0 aliphatic heterocycles. The predicted molar refractivity (Wildman–Crippen MR) is 70.0 cm³/mol. The molecule has 0 bridgehead atoms. The predicted octanol–water partition coefficient (Wildman–Crippen LogP) is 2.82. The fourth-order valence-electron chi connectivity index (χ4n) is 1.90. The van der Waals surface area contributed by atoms with Gasteiger partial charge in [0.15, 0.2) is 0 Å². The van der Waals surface area contributed by atoms with E-state index in [1.165, 1.54) is 6.33 Å². The monoisotopic (exact) mass is 237 g/mol. The van der Waals surface area contributed by atoms with Crippen LogP contribution in [0.5, 0.6) is 5.88 Å². The highest BCUT2D eigenvalue weighted by atomic mass is 16.5. The fourth-order valence-corrected chi connectivity index (χ4v) is 1.90. The number of aromatic nitrogens is 2. The molecule has 0 radical (unpaired) electrons. The van der Waals surface area contributed by atoms with Gasteiger partial charge in [-0.1, -0.05) is 27.2 Å². The molecule has 1 heterocycles. The number of rotatable bonds is 6. The van der Waals surface area contributed by atoms with Crippen LogP contribution in [0.25, 0.3) is 0 Å². The highest BCUT2D eigenvalue weighted by molar-refractivity contribution is 5.44. The van der Waals surface area contributed by atoms with E-state index in [9.17, 15) is 0 Å². The zero-order chi connectivity index (χ0) is 12.8. The lowest BCUT2D eigenvalue weighted by atomic mass is 10.1. The van der Waals surface area contributed by atoms with Crippen LogP contribution in [0.2, 0.25) is 0 Å². The van der Waals surface area contributed by atoms with Crippen LogP contribution in [0.1, 0.15) is 46.1 Å². The molecule has 4 heteroatoms. The number of anilines is 1. The Bertz CT molecular complexity index is 353. The van der Waals surface area contributed by atoms with E-state index < -0.39 is 0 Å². The van der Waals surface area contributed by atoms with E-state index >= 15 is 0 Å². The maximum absolute atomic E-state index is 5.86. The number of nitrogens with zero attached hydrogens (tertiary/aromatic N) is 2. The first-order valence-corrected chi connectivity index (χ1v) is 6.30. The molecule has 2 N–H and O–H groups in total. The summed E-state index contributed by atoms with van der Waals surface area (Å²) in [6, 6.07) is 0. The summed E-state index contributed by atoms with van der Waals surface area (Å²) in [5.41, 5.74) is 6.79. The van der Waals surface area contributed by atoms with Crippen LogP contribution in [-0.4, -0.2) is 16.1 Å². The third kappa shape index (κ3) is 4.21. The van der Waals surface area contributed by atoms with Gasteiger partial charge in [0.1, 0.15) is 12.1 Å². The molecule has 0 aliphatic rings. The molecule has 0 saturated heterocycles. The fraction of sp³-hybridized carbons (Fsp3) is 0.692. The first-order chi connectivity index (χ1) is 8.04. The highest BCUT2D eigenvalue weighted by Gasteiger charge is 2.13. The largest absolute Gasteiger partial charge is 0.474 e. The summed E-state index contributed by atoms with van der Waals surface area (Å²) in [6.07, 6.45) is 4.49. The molecule has 1 rings (SSSR count). The standard InChI is InChI=1S/C13H23N3O/c1-5-6-11-12(14)15-8-16-13(11)17-10(4)7-9(2)3/h8-10H,5-7H2,1-4H3,(H2,14,15,16). The second-order valence-corrected chi connectivity index (χ2v) is 4.85. The lowest BCUT2D eigenvalue weighted by molar-refractivity contribution is 0.183. The number of hydrogen-bond acceptors (Lipinski definition) is 4. The summed E-state index contributed by atoms with van der Waals surface area (Å²) in [5, 5.41) is 0. The van der Waals surface area contributed by atoms with Crippen molar-refractivity contribution in [3.8, 4) is 5.88 Å². The topological polar surface area (TPSA) is 61.0 Å². The van der Waals surface area contributed by atoms with Crippen LogP contribution in [0.4, 0.5) is 5.82 Å². The van der Waals surface area contributed by atoms with Crippen molar-refractivity contribution in [3.63, 3.8) is 0 Å². The molecule has 0 saturated carbocycles. The Morgan fingerprint density at radius 3 is 2.59 bits per heavy atom. The van der Waals surface area contributed by atoms with Gasteiger partial charge in [-0.05, 0) is 25.7 Å². The smallest absolute Gasteiger partial charge is 0.222 e. The van der Waals surface area contributed by atoms with Gasteiger partial charge in [-0.15, -0.1) is 0 Å². The van der Waals surface area contributed by atoms with Gasteiger partial charge in [-0.2, -0.15) is 0 Å².